The lowest BCUT2D eigenvalue weighted by atomic mass is 9.85. The zero-order valence-electron chi connectivity index (χ0n) is 15.5. The molecule has 28 heavy (non-hydrogen) atoms. The van der Waals surface area contributed by atoms with Crippen LogP contribution in [0.1, 0.15) is 36.4 Å². The number of hydrogen-bond donors (Lipinski definition) is 0. The molecule has 0 radical (unpaired) electrons. The van der Waals surface area contributed by atoms with Gasteiger partial charge in [-0.2, -0.15) is 0 Å². The Bertz CT molecular complexity index is 1050. The molecule has 6 rings (SSSR count). The molecule has 142 valence electrons. The molecule has 1 spiro atoms. The minimum Gasteiger partial charge on any atom is -0.336 e. The fourth-order valence-corrected chi connectivity index (χ4v) is 5.75. The van der Waals surface area contributed by atoms with Crippen LogP contribution in [0, 0.1) is 5.92 Å². The Morgan fingerprint density at radius 1 is 1.21 bits per heavy atom. The summed E-state index contributed by atoms with van der Waals surface area (Å²) in [5, 5.41) is 7.90. The highest BCUT2D eigenvalue weighted by Gasteiger charge is 2.65. The number of hydrogen-bond acceptors (Lipinski definition) is 6. The summed E-state index contributed by atoms with van der Waals surface area (Å²) in [6, 6.07) is 10.4. The summed E-state index contributed by atoms with van der Waals surface area (Å²) in [6.07, 6.45) is 6.67. The van der Waals surface area contributed by atoms with Gasteiger partial charge in [-0.3, -0.25) is 14.7 Å². The average molecular weight is 375 g/mol. The quantitative estimate of drug-likeness (QED) is 0.700. The minimum absolute atomic E-state index is 0.262. The number of benzene rings is 1. The van der Waals surface area contributed by atoms with Crippen molar-refractivity contribution in [3.8, 4) is 0 Å². The molecular formula is C21H21N5O2. The molecule has 3 saturated heterocycles. The molecule has 0 bridgehead atoms. The van der Waals surface area contributed by atoms with Crippen LogP contribution in [0.2, 0.25) is 0 Å². The van der Waals surface area contributed by atoms with E-state index in [1.54, 1.807) is 6.20 Å². The molecule has 3 aromatic rings. The van der Waals surface area contributed by atoms with Gasteiger partial charge in [0.15, 0.2) is 0 Å². The Hall–Kier alpha value is -2.80. The highest BCUT2D eigenvalue weighted by molar-refractivity contribution is 5.90. The van der Waals surface area contributed by atoms with Crippen molar-refractivity contribution in [2.75, 3.05) is 13.1 Å². The van der Waals surface area contributed by atoms with E-state index in [2.05, 4.69) is 32.3 Å². The Morgan fingerprint density at radius 3 is 3.04 bits per heavy atom. The number of nitrogens with zero attached hydrogens (tertiary/aromatic N) is 5. The SMILES string of the molecule is O=C1N(Cc2cccnc2)C[C@@H]2C[C@@H](c3ccc4nonc4c3)N3CCC[C@@]123. The number of aromatic nitrogens is 3. The second-order valence-electron chi connectivity index (χ2n) is 8.23. The minimum atomic E-state index is -0.329. The van der Waals surface area contributed by atoms with Crippen LogP contribution < -0.4 is 0 Å². The molecular weight excluding hydrogens is 354 g/mol. The van der Waals surface area contributed by atoms with Gasteiger partial charge in [0.1, 0.15) is 16.6 Å². The average Bonchev–Trinajstić information content (AvgIpc) is 3.46. The van der Waals surface area contributed by atoms with E-state index in [1.807, 2.05) is 29.3 Å². The van der Waals surface area contributed by atoms with Gasteiger partial charge in [-0.05, 0) is 65.4 Å². The molecule has 0 aliphatic carbocycles. The number of carbonyl (C=O) groups excluding carboxylic acids is 1. The molecule has 3 aliphatic heterocycles. The third-order valence-corrected chi connectivity index (χ3v) is 6.89. The number of amides is 1. The van der Waals surface area contributed by atoms with Gasteiger partial charge in [-0.25, -0.2) is 4.63 Å². The van der Waals surface area contributed by atoms with Crippen molar-refractivity contribution in [2.45, 2.75) is 37.4 Å². The van der Waals surface area contributed by atoms with Crippen LogP contribution in [-0.4, -0.2) is 49.6 Å². The van der Waals surface area contributed by atoms with Crippen LogP contribution in [-0.2, 0) is 11.3 Å². The fourth-order valence-electron chi connectivity index (χ4n) is 5.75. The lowest BCUT2D eigenvalue weighted by molar-refractivity contribution is -0.137. The summed E-state index contributed by atoms with van der Waals surface area (Å²) in [4.78, 5) is 22.3. The van der Waals surface area contributed by atoms with E-state index in [0.717, 1.165) is 48.9 Å². The maximum Gasteiger partial charge on any atom is 0.243 e. The summed E-state index contributed by atoms with van der Waals surface area (Å²) in [5.74, 6) is 0.667. The third-order valence-electron chi connectivity index (χ3n) is 6.89. The van der Waals surface area contributed by atoms with Gasteiger partial charge in [0, 0.05) is 37.4 Å². The Morgan fingerprint density at radius 2 is 2.14 bits per heavy atom. The van der Waals surface area contributed by atoms with Crippen LogP contribution in [0.15, 0.2) is 47.4 Å². The van der Waals surface area contributed by atoms with Gasteiger partial charge in [0.2, 0.25) is 5.91 Å². The smallest absolute Gasteiger partial charge is 0.243 e. The second kappa shape index (κ2) is 5.85. The lowest BCUT2D eigenvalue weighted by Crippen LogP contribution is -2.49. The van der Waals surface area contributed by atoms with Gasteiger partial charge in [0.05, 0.1) is 0 Å². The molecule has 7 nitrogen and oxygen atoms in total. The fraction of sp³-hybridized carbons (Fsp3) is 0.429. The zero-order valence-corrected chi connectivity index (χ0v) is 15.5. The van der Waals surface area contributed by atoms with E-state index in [1.165, 1.54) is 5.56 Å². The van der Waals surface area contributed by atoms with Crippen molar-refractivity contribution in [2.24, 2.45) is 5.92 Å². The second-order valence-corrected chi connectivity index (χ2v) is 8.23. The van der Waals surface area contributed by atoms with Crippen molar-refractivity contribution in [3.05, 3.63) is 53.9 Å². The predicted molar refractivity (Wildman–Crippen MR) is 101 cm³/mol. The Balaban J connectivity index is 1.32. The Kier molecular flexibility index (Phi) is 3.38. The standard InChI is InChI=1S/C21H21N5O2/c27-20-21-6-2-8-26(21)19(15-4-5-17-18(9-15)24-28-23-17)10-16(21)13-25(20)12-14-3-1-7-22-11-14/h1,3-5,7,9,11,16,19H,2,6,8,10,12-13H2/t16-,19-,21-/m0/s1. The van der Waals surface area contributed by atoms with Crippen molar-refractivity contribution in [3.63, 3.8) is 0 Å². The molecule has 5 heterocycles. The lowest BCUT2D eigenvalue weighted by Gasteiger charge is -2.33. The summed E-state index contributed by atoms with van der Waals surface area (Å²) < 4.78 is 4.85. The Labute approximate surface area is 162 Å². The molecule has 7 heteroatoms. The highest BCUT2D eigenvalue weighted by atomic mass is 16.6. The van der Waals surface area contributed by atoms with Crippen molar-refractivity contribution in [1.29, 1.82) is 0 Å². The van der Waals surface area contributed by atoms with E-state index < -0.39 is 0 Å². The van der Waals surface area contributed by atoms with Crippen LogP contribution in [0.25, 0.3) is 11.0 Å². The van der Waals surface area contributed by atoms with Crippen molar-refractivity contribution < 1.29 is 9.42 Å². The molecule has 1 amide bonds. The summed E-state index contributed by atoms with van der Waals surface area (Å²) >= 11 is 0. The van der Waals surface area contributed by atoms with Gasteiger partial charge >= 0.3 is 0 Å². The molecule has 0 unspecified atom stereocenters. The monoisotopic (exact) mass is 375 g/mol. The van der Waals surface area contributed by atoms with E-state index >= 15 is 0 Å². The maximum absolute atomic E-state index is 13.6. The maximum atomic E-state index is 13.6. The summed E-state index contributed by atoms with van der Waals surface area (Å²) in [7, 11) is 0. The number of likely N-dealkylation sites (tertiary alicyclic amines) is 1. The molecule has 3 fully saturated rings. The first kappa shape index (κ1) is 16.2. The first-order valence-corrected chi connectivity index (χ1v) is 9.93. The molecule has 0 N–H and O–H groups in total. The van der Waals surface area contributed by atoms with Gasteiger partial charge < -0.3 is 4.90 Å². The summed E-state index contributed by atoms with van der Waals surface area (Å²) in [5.41, 5.74) is 3.54. The van der Waals surface area contributed by atoms with Crippen LogP contribution in [0.5, 0.6) is 0 Å². The van der Waals surface area contributed by atoms with Crippen molar-refractivity contribution >= 4 is 16.9 Å². The zero-order chi connectivity index (χ0) is 18.7. The predicted octanol–water partition coefficient (Wildman–Crippen LogP) is 2.56. The molecule has 0 saturated carbocycles. The van der Waals surface area contributed by atoms with Crippen LogP contribution >= 0.6 is 0 Å². The van der Waals surface area contributed by atoms with E-state index in [4.69, 9.17) is 4.63 Å². The van der Waals surface area contributed by atoms with Gasteiger partial charge in [0.25, 0.3) is 0 Å². The number of pyridine rings is 1. The summed E-state index contributed by atoms with van der Waals surface area (Å²) in [6.45, 7) is 2.46. The largest absolute Gasteiger partial charge is 0.336 e. The topological polar surface area (TPSA) is 75.4 Å². The van der Waals surface area contributed by atoms with Gasteiger partial charge in [-0.1, -0.05) is 12.1 Å². The first-order chi connectivity index (χ1) is 13.8. The van der Waals surface area contributed by atoms with E-state index in [9.17, 15) is 4.79 Å². The van der Waals surface area contributed by atoms with Gasteiger partial charge in [-0.15, -0.1) is 0 Å². The number of carbonyl (C=O) groups is 1. The molecule has 1 aromatic carbocycles. The number of rotatable bonds is 3. The molecule has 3 atom stereocenters. The number of fused-ring (bicyclic) bond motifs is 1. The highest BCUT2D eigenvalue weighted by Crippen LogP contribution is 2.56. The van der Waals surface area contributed by atoms with E-state index in [-0.39, 0.29) is 11.6 Å². The normalized spacial score (nSPS) is 29.6. The van der Waals surface area contributed by atoms with Crippen LogP contribution in [0.3, 0.4) is 0 Å². The van der Waals surface area contributed by atoms with E-state index in [0.29, 0.717) is 18.4 Å². The first-order valence-electron chi connectivity index (χ1n) is 9.93. The third kappa shape index (κ3) is 2.13. The molecule has 2 aromatic heterocycles. The molecule has 3 aliphatic rings. The van der Waals surface area contributed by atoms with Crippen LogP contribution in [0.4, 0.5) is 0 Å². The van der Waals surface area contributed by atoms with Crippen molar-refractivity contribution in [1.82, 2.24) is 25.1 Å².